The summed E-state index contributed by atoms with van der Waals surface area (Å²) in [5.41, 5.74) is -0.471. The molecule has 2 aliphatic rings. The molecule has 2 rings (SSSR count). The lowest BCUT2D eigenvalue weighted by atomic mass is 9.83. The molecule has 0 aromatic heterocycles. The van der Waals surface area contributed by atoms with E-state index in [4.69, 9.17) is 4.74 Å². The van der Waals surface area contributed by atoms with Crippen molar-refractivity contribution in [2.24, 2.45) is 11.8 Å². The van der Waals surface area contributed by atoms with Crippen molar-refractivity contribution in [3.63, 3.8) is 0 Å². The minimum atomic E-state index is -0.471. The van der Waals surface area contributed by atoms with Gasteiger partial charge in [-0.05, 0) is 39.5 Å². The zero-order chi connectivity index (χ0) is 14.0. The van der Waals surface area contributed by atoms with Crippen molar-refractivity contribution in [3.05, 3.63) is 0 Å². The SMILES string of the molecule is CC(C)(C)OC(=O)N1CCC(=O)C(C2CCCC2)C1. The molecule has 0 aromatic carbocycles. The van der Waals surface area contributed by atoms with Gasteiger partial charge in [-0.25, -0.2) is 4.79 Å². The zero-order valence-corrected chi connectivity index (χ0v) is 12.3. The lowest BCUT2D eigenvalue weighted by Gasteiger charge is -2.35. The molecule has 1 atom stereocenters. The first-order chi connectivity index (χ1) is 8.87. The maximum atomic E-state index is 12.1. The number of carbonyl (C=O) groups is 2. The zero-order valence-electron chi connectivity index (χ0n) is 12.3. The number of ketones is 1. The molecule has 1 unspecified atom stereocenters. The fraction of sp³-hybridized carbons (Fsp3) is 0.867. The summed E-state index contributed by atoms with van der Waals surface area (Å²) in [6.07, 6.45) is 4.93. The Balaban J connectivity index is 1.96. The quantitative estimate of drug-likeness (QED) is 0.733. The largest absolute Gasteiger partial charge is 0.444 e. The van der Waals surface area contributed by atoms with Gasteiger partial charge in [0.1, 0.15) is 11.4 Å². The van der Waals surface area contributed by atoms with E-state index in [9.17, 15) is 9.59 Å². The number of rotatable bonds is 1. The molecule has 1 amide bonds. The van der Waals surface area contributed by atoms with Crippen molar-refractivity contribution in [3.8, 4) is 0 Å². The third kappa shape index (κ3) is 3.71. The van der Waals surface area contributed by atoms with Crippen LogP contribution in [0.1, 0.15) is 52.9 Å². The van der Waals surface area contributed by atoms with Crippen molar-refractivity contribution in [2.75, 3.05) is 13.1 Å². The number of piperidine rings is 1. The summed E-state index contributed by atoms with van der Waals surface area (Å²) in [4.78, 5) is 25.8. The predicted octanol–water partition coefficient (Wildman–Crippen LogP) is 3.00. The Kier molecular flexibility index (Phi) is 4.16. The van der Waals surface area contributed by atoms with Gasteiger partial charge in [-0.2, -0.15) is 0 Å². The number of likely N-dealkylation sites (tertiary alicyclic amines) is 1. The molecule has 1 aliphatic carbocycles. The third-order valence-electron chi connectivity index (χ3n) is 4.08. The van der Waals surface area contributed by atoms with E-state index >= 15 is 0 Å². The van der Waals surface area contributed by atoms with Crippen LogP contribution in [-0.2, 0) is 9.53 Å². The van der Waals surface area contributed by atoms with E-state index in [2.05, 4.69) is 0 Å². The first kappa shape index (κ1) is 14.4. The summed E-state index contributed by atoms with van der Waals surface area (Å²) >= 11 is 0. The smallest absolute Gasteiger partial charge is 0.410 e. The van der Waals surface area contributed by atoms with Crippen LogP contribution in [0.5, 0.6) is 0 Å². The van der Waals surface area contributed by atoms with Gasteiger partial charge in [0.15, 0.2) is 0 Å². The van der Waals surface area contributed by atoms with E-state index < -0.39 is 5.60 Å². The van der Waals surface area contributed by atoms with Crippen LogP contribution in [0.2, 0.25) is 0 Å². The average Bonchev–Trinajstić information content (AvgIpc) is 2.80. The van der Waals surface area contributed by atoms with Gasteiger partial charge < -0.3 is 9.64 Å². The number of hydrogen-bond donors (Lipinski definition) is 0. The van der Waals surface area contributed by atoms with Gasteiger partial charge in [0.05, 0.1) is 0 Å². The van der Waals surface area contributed by atoms with E-state index in [1.807, 2.05) is 20.8 Å². The summed E-state index contributed by atoms with van der Waals surface area (Å²) < 4.78 is 5.40. The molecule has 1 saturated carbocycles. The van der Waals surface area contributed by atoms with E-state index in [0.29, 0.717) is 31.2 Å². The summed E-state index contributed by atoms with van der Waals surface area (Å²) in [7, 11) is 0. The van der Waals surface area contributed by atoms with Crippen molar-refractivity contribution in [1.82, 2.24) is 4.90 Å². The van der Waals surface area contributed by atoms with Crippen LogP contribution in [0.3, 0.4) is 0 Å². The summed E-state index contributed by atoms with van der Waals surface area (Å²) in [6, 6.07) is 0. The Morgan fingerprint density at radius 2 is 1.89 bits per heavy atom. The number of hydrogen-bond acceptors (Lipinski definition) is 3. The normalized spacial score (nSPS) is 25.7. The molecule has 19 heavy (non-hydrogen) atoms. The Morgan fingerprint density at radius 1 is 1.26 bits per heavy atom. The van der Waals surface area contributed by atoms with Crippen LogP contribution >= 0.6 is 0 Å². The molecule has 1 aliphatic heterocycles. The number of carbonyl (C=O) groups excluding carboxylic acids is 2. The summed E-state index contributed by atoms with van der Waals surface area (Å²) in [5.74, 6) is 0.869. The fourth-order valence-corrected chi connectivity index (χ4v) is 3.13. The molecule has 0 bridgehead atoms. The second-order valence-corrected chi connectivity index (χ2v) is 6.79. The Morgan fingerprint density at radius 3 is 2.47 bits per heavy atom. The maximum absolute atomic E-state index is 12.1. The highest BCUT2D eigenvalue weighted by Gasteiger charge is 2.37. The van der Waals surface area contributed by atoms with E-state index in [1.165, 1.54) is 12.8 Å². The maximum Gasteiger partial charge on any atom is 0.410 e. The van der Waals surface area contributed by atoms with Crippen molar-refractivity contribution in [2.45, 2.75) is 58.5 Å². The van der Waals surface area contributed by atoms with Crippen molar-refractivity contribution < 1.29 is 14.3 Å². The average molecular weight is 267 g/mol. The van der Waals surface area contributed by atoms with Crippen LogP contribution in [0.15, 0.2) is 0 Å². The standard InChI is InChI=1S/C15H25NO3/c1-15(2,3)19-14(18)16-9-8-13(17)12(10-16)11-6-4-5-7-11/h11-12H,4-10H2,1-3H3. The van der Waals surface area contributed by atoms with Crippen molar-refractivity contribution >= 4 is 11.9 Å². The van der Waals surface area contributed by atoms with Crippen LogP contribution in [0, 0.1) is 11.8 Å². The van der Waals surface area contributed by atoms with Crippen LogP contribution in [-0.4, -0.2) is 35.5 Å². The third-order valence-corrected chi connectivity index (χ3v) is 4.08. The van der Waals surface area contributed by atoms with Crippen LogP contribution in [0.4, 0.5) is 4.79 Å². The van der Waals surface area contributed by atoms with Gasteiger partial charge in [0.25, 0.3) is 0 Å². The van der Waals surface area contributed by atoms with Gasteiger partial charge in [0.2, 0.25) is 0 Å². The van der Waals surface area contributed by atoms with Gasteiger partial charge >= 0.3 is 6.09 Å². The minimum Gasteiger partial charge on any atom is -0.444 e. The second-order valence-electron chi connectivity index (χ2n) is 6.79. The molecule has 2 fully saturated rings. The molecule has 4 nitrogen and oxygen atoms in total. The summed E-state index contributed by atoms with van der Waals surface area (Å²) in [6.45, 7) is 6.67. The first-order valence-corrected chi connectivity index (χ1v) is 7.37. The number of amides is 1. The lowest BCUT2D eigenvalue weighted by Crippen LogP contribution is -2.47. The fourth-order valence-electron chi connectivity index (χ4n) is 3.13. The van der Waals surface area contributed by atoms with E-state index in [-0.39, 0.29) is 12.0 Å². The molecule has 0 aromatic rings. The molecular weight excluding hydrogens is 242 g/mol. The molecule has 4 heteroatoms. The first-order valence-electron chi connectivity index (χ1n) is 7.37. The lowest BCUT2D eigenvalue weighted by molar-refractivity contribution is -0.127. The number of ether oxygens (including phenoxy) is 1. The van der Waals surface area contributed by atoms with Gasteiger partial charge in [-0.3, -0.25) is 4.79 Å². The number of nitrogens with zero attached hydrogens (tertiary/aromatic N) is 1. The van der Waals surface area contributed by atoms with Crippen LogP contribution in [0.25, 0.3) is 0 Å². The molecule has 0 radical (unpaired) electrons. The predicted molar refractivity (Wildman–Crippen MR) is 72.9 cm³/mol. The Labute approximate surface area is 115 Å². The minimum absolute atomic E-state index is 0.0452. The van der Waals surface area contributed by atoms with E-state index in [0.717, 1.165) is 12.8 Å². The highest BCUT2D eigenvalue weighted by Crippen LogP contribution is 2.34. The van der Waals surface area contributed by atoms with E-state index in [1.54, 1.807) is 4.90 Å². The Bertz CT molecular complexity index is 353. The number of Topliss-reactive ketones (excluding diaryl/α,β-unsaturated/α-hetero) is 1. The highest BCUT2D eigenvalue weighted by molar-refractivity contribution is 5.84. The van der Waals surface area contributed by atoms with Gasteiger partial charge in [-0.1, -0.05) is 12.8 Å². The molecule has 0 spiro atoms. The molecule has 1 heterocycles. The topological polar surface area (TPSA) is 46.6 Å². The molecule has 1 saturated heterocycles. The molecule has 0 N–H and O–H groups in total. The van der Waals surface area contributed by atoms with Crippen LogP contribution < -0.4 is 0 Å². The Hall–Kier alpha value is -1.06. The monoisotopic (exact) mass is 267 g/mol. The second kappa shape index (κ2) is 5.51. The highest BCUT2D eigenvalue weighted by atomic mass is 16.6. The summed E-state index contributed by atoms with van der Waals surface area (Å²) in [5, 5.41) is 0. The molecule has 108 valence electrons. The van der Waals surface area contributed by atoms with Gasteiger partial charge in [-0.15, -0.1) is 0 Å². The van der Waals surface area contributed by atoms with Gasteiger partial charge in [0, 0.05) is 25.4 Å². The molecular formula is C15H25NO3. The van der Waals surface area contributed by atoms with Crippen molar-refractivity contribution in [1.29, 1.82) is 0 Å².